The SMILES string of the molecule is COc1ccc(-c2noc(Nc3cc(OC)c(OC)c(OC)c3)n2)cc1. The molecular weight excluding hydrogens is 338 g/mol. The maximum atomic E-state index is 5.33. The number of hydrogen-bond donors (Lipinski definition) is 1. The topological polar surface area (TPSA) is 87.9 Å². The van der Waals surface area contributed by atoms with Gasteiger partial charge < -0.3 is 28.8 Å². The molecule has 0 aliphatic rings. The molecule has 8 nitrogen and oxygen atoms in total. The van der Waals surface area contributed by atoms with Gasteiger partial charge in [-0.15, -0.1) is 0 Å². The van der Waals surface area contributed by atoms with Crippen molar-refractivity contribution in [2.45, 2.75) is 0 Å². The van der Waals surface area contributed by atoms with Crippen LogP contribution in [0.15, 0.2) is 40.9 Å². The van der Waals surface area contributed by atoms with Crippen molar-refractivity contribution >= 4 is 11.7 Å². The highest BCUT2D eigenvalue weighted by molar-refractivity contribution is 5.66. The lowest BCUT2D eigenvalue weighted by atomic mass is 10.2. The lowest BCUT2D eigenvalue weighted by Crippen LogP contribution is -1.98. The van der Waals surface area contributed by atoms with Crippen LogP contribution in [-0.4, -0.2) is 38.6 Å². The lowest BCUT2D eigenvalue weighted by Gasteiger charge is -2.13. The molecule has 2 aromatic carbocycles. The molecule has 0 saturated heterocycles. The van der Waals surface area contributed by atoms with Crippen LogP contribution in [0.3, 0.4) is 0 Å². The van der Waals surface area contributed by atoms with E-state index < -0.39 is 0 Å². The summed E-state index contributed by atoms with van der Waals surface area (Å²) in [6.07, 6.45) is 0. The lowest BCUT2D eigenvalue weighted by molar-refractivity contribution is 0.324. The van der Waals surface area contributed by atoms with Crippen LogP contribution in [0.1, 0.15) is 0 Å². The molecule has 0 fully saturated rings. The van der Waals surface area contributed by atoms with Crippen LogP contribution in [0, 0.1) is 0 Å². The molecule has 0 spiro atoms. The third-order valence-corrected chi connectivity index (χ3v) is 3.69. The first-order valence-electron chi connectivity index (χ1n) is 7.73. The molecule has 0 aliphatic carbocycles. The zero-order valence-electron chi connectivity index (χ0n) is 14.9. The Morgan fingerprint density at radius 1 is 0.846 bits per heavy atom. The number of nitrogens with one attached hydrogen (secondary N) is 1. The molecule has 3 rings (SSSR count). The molecular formula is C18H19N3O5. The van der Waals surface area contributed by atoms with Gasteiger partial charge in [0, 0.05) is 17.7 Å². The first-order valence-corrected chi connectivity index (χ1v) is 7.73. The fourth-order valence-electron chi connectivity index (χ4n) is 2.41. The Kier molecular flexibility index (Phi) is 5.12. The minimum Gasteiger partial charge on any atom is -0.497 e. The molecule has 3 aromatic rings. The third-order valence-electron chi connectivity index (χ3n) is 3.69. The second-order valence-corrected chi connectivity index (χ2v) is 5.19. The van der Waals surface area contributed by atoms with Crippen molar-refractivity contribution in [2.75, 3.05) is 33.8 Å². The van der Waals surface area contributed by atoms with E-state index >= 15 is 0 Å². The van der Waals surface area contributed by atoms with Crippen molar-refractivity contribution < 1.29 is 23.5 Å². The number of nitrogens with zero attached hydrogens (tertiary/aromatic N) is 2. The molecule has 1 aromatic heterocycles. The Hall–Kier alpha value is -3.42. The summed E-state index contributed by atoms with van der Waals surface area (Å²) in [5.74, 6) is 2.76. The van der Waals surface area contributed by atoms with E-state index in [0.29, 0.717) is 28.8 Å². The maximum Gasteiger partial charge on any atom is 0.326 e. The number of benzene rings is 2. The number of aromatic nitrogens is 2. The van der Waals surface area contributed by atoms with Crippen molar-refractivity contribution in [3.8, 4) is 34.4 Å². The fraction of sp³-hybridized carbons (Fsp3) is 0.222. The molecule has 0 bridgehead atoms. The molecule has 0 aliphatic heterocycles. The zero-order valence-corrected chi connectivity index (χ0v) is 14.9. The standard InChI is InChI=1S/C18H19N3O5/c1-22-13-7-5-11(6-8-13)17-20-18(26-21-17)19-12-9-14(23-2)16(25-4)15(10-12)24-3/h5-10H,1-4H3,(H,19,20,21). The summed E-state index contributed by atoms with van der Waals surface area (Å²) in [6.45, 7) is 0. The average molecular weight is 357 g/mol. The van der Waals surface area contributed by atoms with Crippen molar-refractivity contribution in [2.24, 2.45) is 0 Å². The van der Waals surface area contributed by atoms with Gasteiger partial charge in [-0.05, 0) is 24.3 Å². The van der Waals surface area contributed by atoms with Crippen LogP contribution in [0.4, 0.5) is 11.7 Å². The van der Waals surface area contributed by atoms with Crippen LogP contribution < -0.4 is 24.3 Å². The predicted octanol–water partition coefficient (Wildman–Crippen LogP) is 3.51. The van der Waals surface area contributed by atoms with Crippen LogP contribution in [0.25, 0.3) is 11.4 Å². The Balaban J connectivity index is 1.84. The summed E-state index contributed by atoms with van der Waals surface area (Å²) >= 11 is 0. The summed E-state index contributed by atoms with van der Waals surface area (Å²) in [6, 6.07) is 11.1. The number of rotatable bonds is 7. The van der Waals surface area contributed by atoms with Crippen molar-refractivity contribution in [1.82, 2.24) is 10.1 Å². The Labute approximate surface area is 150 Å². The largest absolute Gasteiger partial charge is 0.497 e. The molecule has 0 saturated carbocycles. The van der Waals surface area contributed by atoms with Gasteiger partial charge in [-0.1, -0.05) is 5.16 Å². The van der Waals surface area contributed by atoms with Gasteiger partial charge in [0.05, 0.1) is 34.1 Å². The summed E-state index contributed by atoms with van der Waals surface area (Å²) in [5.41, 5.74) is 1.47. The minimum absolute atomic E-state index is 0.241. The second kappa shape index (κ2) is 7.64. The Morgan fingerprint density at radius 2 is 1.50 bits per heavy atom. The first-order chi connectivity index (χ1) is 12.7. The molecule has 136 valence electrons. The number of ether oxygens (including phenoxy) is 4. The van der Waals surface area contributed by atoms with Crippen molar-refractivity contribution in [3.63, 3.8) is 0 Å². The highest BCUT2D eigenvalue weighted by Gasteiger charge is 2.15. The monoisotopic (exact) mass is 357 g/mol. The number of hydrogen-bond acceptors (Lipinski definition) is 8. The molecule has 0 unspecified atom stereocenters. The fourth-order valence-corrected chi connectivity index (χ4v) is 2.41. The van der Waals surface area contributed by atoms with E-state index in [1.807, 2.05) is 24.3 Å². The van der Waals surface area contributed by atoms with E-state index in [-0.39, 0.29) is 6.01 Å². The Bertz CT molecular complexity index is 852. The Morgan fingerprint density at radius 3 is 2.04 bits per heavy atom. The van der Waals surface area contributed by atoms with E-state index in [9.17, 15) is 0 Å². The van der Waals surface area contributed by atoms with Gasteiger partial charge in [0.15, 0.2) is 11.5 Å². The summed E-state index contributed by atoms with van der Waals surface area (Å²) in [5, 5.41) is 7.02. The van der Waals surface area contributed by atoms with Crippen molar-refractivity contribution in [1.29, 1.82) is 0 Å². The molecule has 1 heterocycles. The van der Waals surface area contributed by atoms with Crippen LogP contribution >= 0.6 is 0 Å². The third kappa shape index (κ3) is 3.49. The van der Waals surface area contributed by atoms with Gasteiger partial charge in [0.1, 0.15) is 5.75 Å². The predicted molar refractivity (Wildman–Crippen MR) is 95.7 cm³/mol. The van der Waals surface area contributed by atoms with Gasteiger partial charge >= 0.3 is 6.01 Å². The minimum atomic E-state index is 0.241. The molecule has 1 N–H and O–H groups in total. The van der Waals surface area contributed by atoms with E-state index in [0.717, 1.165) is 11.3 Å². The molecule has 8 heteroatoms. The van der Waals surface area contributed by atoms with E-state index in [1.165, 1.54) is 0 Å². The smallest absolute Gasteiger partial charge is 0.326 e. The molecule has 0 radical (unpaired) electrons. The van der Waals surface area contributed by atoms with Crippen LogP contribution in [-0.2, 0) is 0 Å². The van der Waals surface area contributed by atoms with Gasteiger partial charge in [0.2, 0.25) is 11.6 Å². The maximum absolute atomic E-state index is 5.33. The van der Waals surface area contributed by atoms with Crippen LogP contribution in [0.2, 0.25) is 0 Å². The van der Waals surface area contributed by atoms with Gasteiger partial charge in [-0.3, -0.25) is 0 Å². The average Bonchev–Trinajstić information content (AvgIpc) is 3.15. The number of anilines is 2. The highest BCUT2D eigenvalue weighted by Crippen LogP contribution is 2.40. The molecule has 26 heavy (non-hydrogen) atoms. The summed E-state index contributed by atoms with van der Waals surface area (Å²) in [4.78, 5) is 4.34. The zero-order chi connectivity index (χ0) is 18.5. The van der Waals surface area contributed by atoms with Gasteiger partial charge in [0.25, 0.3) is 0 Å². The van der Waals surface area contributed by atoms with E-state index in [2.05, 4.69) is 15.5 Å². The first kappa shape index (κ1) is 17.4. The van der Waals surface area contributed by atoms with Gasteiger partial charge in [-0.2, -0.15) is 4.98 Å². The molecule has 0 amide bonds. The summed E-state index contributed by atoms with van der Waals surface area (Å²) < 4.78 is 26.4. The van der Waals surface area contributed by atoms with Crippen molar-refractivity contribution in [3.05, 3.63) is 36.4 Å². The van der Waals surface area contributed by atoms with Crippen LogP contribution in [0.5, 0.6) is 23.0 Å². The molecule has 0 atom stereocenters. The van der Waals surface area contributed by atoms with Gasteiger partial charge in [-0.25, -0.2) is 0 Å². The number of methoxy groups -OCH3 is 4. The summed E-state index contributed by atoms with van der Waals surface area (Å²) in [7, 11) is 6.26. The highest BCUT2D eigenvalue weighted by atomic mass is 16.5. The normalized spacial score (nSPS) is 10.3. The second-order valence-electron chi connectivity index (χ2n) is 5.19. The quantitative estimate of drug-likeness (QED) is 0.687. The van der Waals surface area contributed by atoms with E-state index in [4.69, 9.17) is 23.5 Å². The van der Waals surface area contributed by atoms with E-state index in [1.54, 1.807) is 40.6 Å².